The summed E-state index contributed by atoms with van der Waals surface area (Å²) in [6, 6.07) is 15.1. The fourth-order valence-electron chi connectivity index (χ4n) is 3.37. The number of aryl methyl sites for hydroxylation is 1. The molecule has 0 saturated heterocycles. The fraction of sp³-hybridized carbons (Fsp3) is 0.227. The number of hydrogen-bond acceptors (Lipinski definition) is 5. The Balaban J connectivity index is 1.46. The van der Waals surface area contributed by atoms with Crippen LogP contribution >= 0.6 is 12.2 Å². The summed E-state index contributed by atoms with van der Waals surface area (Å²) in [5, 5.41) is 7.65. The number of fused-ring (bicyclic) bond motifs is 1. The van der Waals surface area contributed by atoms with E-state index in [1.165, 1.54) is 0 Å². The molecule has 4 aromatic rings. The zero-order valence-corrected chi connectivity index (χ0v) is 18.1. The van der Waals surface area contributed by atoms with Crippen LogP contribution in [0.2, 0.25) is 0 Å². The fourth-order valence-corrected chi connectivity index (χ4v) is 3.59. The molecule has 0 aliphatic carbocycles. The molecule has 0 unspecified atom stereocenters. The number of carbonyl (C=O) groups is 1. The smallest absolute Gasteiger partial charge is 0.258 e. The average molecular weight is 435 g/mol. The highest BCUT2D eigenvalue weighted by molar-refractivity contribution is 7.71. The first-order valence-electron chi connectivity index (χ1n) is 9.86. The molecule has 2 heterocycles. The first-order valence-corrected chi connectivity index (χ1v) is 10.3. The van der Waals surface area contributed by atoms with Crippen molar-refractivity contribution in [1.82, 2.24) is 29.6 Å². The minimum Gasteiger partial charge on any atom is -0.338 e. The van der Waals surface area contributed by atoms with Crippen LogP contribution in [-0.4, -0.2) is 42.6 Å². The summed E-state index contributed by atoms with van der Waals surface area (Å²) in [6.45, 7) is 2.62. The molecule has 0 spiro atoms. The number of rotatable bonds is 6. The van der Waals surface area contributed by atoms with Gasteiger partial charge in [-0.2, -0.15) is 5.10 Å². The molecular formula is C22H22N6O2S. The van der Waals surface area contributed by atoms with Gasteiger partial charge in [-0.05, 0) is 31.3 Å². The lowest BCUT2D eigenvalue weighted by atomic mass is 10.1. The molecule has 0 atom stereocenters. The molecule has 0 aliphatic heterocycles. The zero-order chi connectivity index (χ0) is 22.0. The summed E-state index contributed by atoms with van der Waals surface area (Å²) in [5.74, 6) is 1.05. The van der Waals surface area contributed by atoms with Gasteiger partial charge >= 0.3 is 0 Å². The van der Waals surface area contributed by atoms with Crippen molar-refractivity contribution in [2.75, 3.05) is 7.05 Å². The maximum atomic E-state index is 12.7. The topological polar surface area (TPSA) is 99.7 Å². The molecule has 2 aromatic carbocycles. The third-order valence-electron chi connectivity index (χ3n) is 5.09. The highest BCUT2D eigenvalue weighted by Crippen LogP contribution is 2.18. The molecule has 9 heteroatoms. The van der Waals surface area contributed by atoms with Gasteiger partial charge in [-0.1, -0.05) is 42.0 Å². The summed E-state index contributed by atoms with van der Waals surface area (Å²) in [6.07, 6.45) is 0.237. The second-order valence-corrected chi connectivity index (χ2v) is 7.79. The number of benzene rings is 2. The standard InChI is InChI=1S/C22H22N6O2S/c1-14-7-9-15(10-8-14)20-25-26-22(31)28(20)12-11-19(29)27(2)13-18-23-17-6-4-3-5-16(17)21(30)24-18/h3-10H,11-13H2,1-2H3,(H,26,31)(H,23,24,30). The lowest BCUT2D eigenvalue weighted by molar-refractivity contribution is -0.130. The van der Waals surface area contributed by atoms with E-state index in [0.717, 1.165) is 11.1 Å². The summed E-state index contributed by atoms with van der Waals surface area (Å²) < 4.78 is 2.29. The quantitative estimate of drug-likeness (QED) is 0.454. The van der Waals surface area contributed by atoms with E-state index in [-0.39, 0.29) is 24.4 Å². The average Bonchev–Trinajstić information content (AvgIpc) is 3.13. The van der Waals surface area contributed by atoms with Gasteiger partial charge in [0.15, 0.2) is 10.6 Å². The van der Waals surface area contributed by atoms with Crippen molar-refractivity contribution in [2.24, 2.45) is 0 Å². The van der Waals surface area contributed by atoms with E-state index in [9.17, 15) is 9.59 Å². The Morgan fingerprint density at radius 3 is 2.68 bits per heavy atom. The van der Waals surface area contributed by atoms with E-state index >= 15 is 0 Å². The van der Waals surface area contributed by atoms with Crippen LogP contribution in [0.5, 0.6) is 0 Å². The number of para-hydroxylation sites is 1. The van der Waals surface area contributed by atoms with Gasteiger partial charge in [0, 0.05) is 25.6 Å². The van der Waals surface area contributed by atoms with Gasteiger partial charge < -0.3 is 9.88 Å². The van der Waals surface area contributed by atoms with E-state index in [2.05, 4.69) is 20.2 Å². The Morgan fingerprint density at radius 1 is 1.16 bits per heavy atom. The SMILES string of the molecule is Cc1ccc(-c2n[nH]c(=S)n2CCC(=O)N(C)Cc2nc3ccccc3c(=O)[nH]2)cc1. The van der Waals surface area contributed by atoms with E-state index in [4.69, 9.17) is 12.2 Å². The lowest BCUT2D eigenvalue weighted by Crippen LogP contribution is -2.29. The number of aromatic amines is 2. The van der Waals surface area contributed by atoms with Crippen molar-refractivity contribution in [3.63, 3.8) is 0 Å². The minimum atomic E-state index is -0.214. The molecule has 4 rings (SSSR count). The van der Waals surface area contributed by atoms with Crippen LogP contribution in [0.25, 0.3) is 22.3 Å². The molecule has 0 saturated carbocycles. The second-order valence-electron chi connectivity index (χ2n) is 7.40. The first-order chi connectivity index (χ1) is 14.9. The van der Waals surface area contributed by atoms with Crippen molar-refractivity contribution >= 4 is 29.0 Å². The van der Waals surface area contributed by atoms with Crippen molar-refractivity contribution in [3.05, 3.63) is 75.0 Å². The molecule has 8 nitrogen and oxygen atoms in total. The van der Waals surface area contributed by atoms with Gasteiger partial charge in [0.25, 0.3) is 5.56 Å². The third kappa shape index (κ3) is 4.46. The maximum absolute atomic E-state index is 12.7. The first kappa shape index (κ1) is 20.7. The Bertz CT molecular complexity index is 1350. The van der Waals surface area contributed by atoms with Crippen LogP contribution in [0.4, 0.5) is 0 Å². The van der Waals surface area contributed by atoms with Crippen molar-refractivity contribution < 1.29 is 4.79 Å². The van der Waals surface area contributed by atoms with Crippen molar-refractivity contribution in [2.45, 2.75) is 26.4 Å². The molecule has 2 N–H and O–H groups in total. The van der Waals surface area contributed by atoms with Crippen LogP contribution in [0.1, 0.15) is 17.8 Å². The molecule has 1 amide bonds. The van der Waals surface area contributed by atoms with E-state index in [1.54, 1.807) is 30.1 Å². The highest BCUT2D eigenvalue weighted by atomic mass is 32.1. The largest absolute Gasteiger partial charge is 0.338 e. The number of nitrogens with one attached hydrogen (secondary N) is 2. The molecule has 2 aromatic heterocycles. The van der Waals surface area contributed by atoms with Crippen molar-refractivity contribution in [3.8, 4) is 11.4 Å². The van der Waals surface area contributed by atoms with E-state index in [0.29, 0.717) is 33.9 Å². The van der Waals surface area contributed by atoms with Crippen LogP contribution in [0.3, 0.4) is 0 Å². The predicted octanol–water partition coefficient (Wildman–Crippen LogP) is 3.20. The van der Waals surface area contributed by atoms with Gasteiger partial charge in [0.05, 0.1) is 17.4 Å². The number of hydrogen-bond donors (Lipinski definition) is 2. The van der Waals surface area contributed by atoms with E-state index < -0.39 is 0 Å². The molecule has 0 fully saturated rings. The summed E-state index contributed by atoms with van der Waals surface area (Å²) in [5.41, 5.74) is 2.47. The molecule has 31 heavy (non-hydrogen) atoms. The van der Waals surface area contributed by atoms with Crippen LogP contribution in [-0.2, 0) is 17.9 Å². The van der Waals surface area contributed by atoms with E-state index in [1.807, 2.05) is 41.8 Å². The summed E-state index contributed by atoms with van der Waals surface area (Å²) >= 11 is 5.35. The molecule has 0 bridgehead atoms. The lowest BCUT2D eigenvalue weighted by Gasteiger charge is -2.17. The third-order valence-corrected chi connectivity index (χ3v) is 5.40. The van der Waals surface area contributed by atoms with Crippen LogP contribution in [0, 0.1) is 11.7 Å². The molecule has 0 aliphatic rings. The highest BCUT2D eigenvalue weighted by Gasteiger charge is 2.15. The molecule has 158 valence electrons. The van der Waals surface area contributed by atoms with Crippen molar-refractivity contribution in [1.29, 1.82) is 0 Å². The predicted molar refractivity (Wildman–Crippen MR) is 121 cm³/mol. The minimum absolute atomic E-state index is 0.0891. The number of amides is 1. The number of carbonyl (C=O) groups excluding carboxylic acids is 1. The van der Waals surface area contributed by atoms with Gasteiger partial charge in [-0.3, -0.25) is 19.3 Å². The zero-order valence-electron chi connectivity index (χ0n) is 17.3. The monoisotopic (exact) mass is 434 g/mol. The van der Waals surface area contributed by atoms with Crippen LogP contribution < -0.4 is 5.56 Å². The number of aromatic nitrogens is 5. The number of nitrogens with zero attached hydrogens (tertiary/aromatic N) is 4. The summed E-state index contributed by atoms with van der Waals surface area (Å²) in [4.78, 5) is 33.7. The maximum Gasteiger partial charge on any atom is 0.258 e. The van der Waals surface area contributed by atoms with Gasteiger partial charge in [0.2, 0.25) is 5.91 Å². The Hall–Kier alpha value is -3.59. The molecule has 0 radical (unpaired) electrons. The van der Waals surface area contributed by atoms with Crippen LogP contribution in [0.15, 0.2) is 53.3 Å². The normalized spacial score (nSPS) is 11.0. The second kappa shape index (κ2) is 8.65. The Kier molecular flexibility index (Phi) is 5.77. The Morgan fingerprint density at radius 2 is 1.90 bits per heavy atom. The van der Waals surface area contributed by atoms with Gasteiger partial charge in [-0.25, -0.2) is 4.98 Å². The van der Waals surface area contributed by atoms with Gasteiger partial charge in [-0.15, -0.1) is 0 Å². The Labute approximate surface area is 183 Å². The number of H-pyrrole nitrogens is 2. The molecular weight excluding hydrogens is 412 g/mol. The van der Waals surface area contributed by atoms with Gasteiger partial charge in [0.1, 0.15) is 5.82 Å². The summed E-state index contributed by atoms with van der Waals surface area (Å²) in [7, 11) is 1.69.